The molecule has 0 aliphatic rings. The average molecular weight is 379 g/mol. The molecule has 5 nitrogen and oxygen atoms in total. The molecule has 142 valence electrons. The summed E-state index contributed by atoms with van der Waals surface area (Å²) >= 11 is 0. The number of amides is 1. The minimum absolute atomic E-state index is 0.0338. The van der Waals surface area contributed by atoms with E-state index in [2.05, 4.69) is 5.32 Å². The minimum atomic E-state index is -0.567. The van der Waals surface area contributed by atoms with Crippen LogP contribution in [0, 0.1) is 5.82 Å². The molecule has 1 amide bonds. The lowest BCUT2D eigenvalue weighted by Gasteiger charge is -2.09. The molecule has 6 heteroatoms. The van der Waals surface area contributed by atoms with Gasteiger partial charge in [0.1, 0.15) is 17.3 Å². The van der Waals surface area contributed by atoms with Crippen molar-refractivity contribution in [3.8, 4) is 11.5 Å². The molecule has 0 spiro atoms. The Labute approximate surface area is 161 Å². The number of para-hydroxylation sites is 1. The normalized spacial score (nSPS) is 10.2. The summed E-state index contributed by atoms with van der Waals surface area (Å²) in [5, 5.41) is 2.65. The highest BCUT2D eigenvalue weighted by molar-refractivity contribution is 5.93. The first kappa shape index (κ1) is 19.1. The molecule has 0 bridgehead atoms. The lowest BCUT2D eigenvalue weighted by molar-refractivity contribution is -0.146. The smallest absolute Gasteiger partial charge is 0.310 e. The van der Waals surface area contributed by atoms with Crippen molar-refractivity contribution in [2.24, 2.45) is 0 Å². The topological polar surface area (TPSA) is 64.6 Å². The summed E-state index contributed by atoms with van der Waals surface area (Å²) in [6.07, 6.45) is -0.0338. The van der Waals surface area contributed by atoms with Crippen molar-refractivity contribution in [1.82, 2.24) is 0 Å². The van der Waals surface area contributed by atoms with Gasteiger partial charge in [-0.15, -0.1) is 0 Å². The Morgan fingerprint density at radius 2 is 1.57 bits per heavy atom. The van der Waals surface area contributed by atoms with Crippen molar-refractivity contribution < 1.29 is 23.5 Å². The van der Waals surface area contributed by atoms with Gasteiger partial charge in [0.2, 0.25) is 0 Å². The van der Waals surface area contributed by atoms with Crippen LogP contribution in [0.3, 0.4) is 0 Å². The lowest BCUT2D eigenvalue weighted by atomic mass is 10.1. The standard InChI is InChI=1S/C22H18FNO4/c23-17-11-9-16(10-12-17)13-22(26)27-15-21(25)24-18-5-4-8-20(14-18)28-19-6-2-1-3-7-19/h1-12,14H,13,15H2,(H,24,25). The molecule has 3 aromatic rings. The molecule has 0 fully saturated rings. The molecule has 1 N–H and O–H groups in total. The second-order valence-corrected chi connectivity index (χ2v) is 5.96. The fourth-order valence-electron chi connectivity index (χ4n) is 2.43. The molecular weight excluding hydrogens is 361 g/mol. The summed E-state index contributed by atoms with van der Waals surface area (Å²) in [6, 6.07) is 21.7. The zero-order valence-corrected chi connectivity index (χ0v) is 14.9. The highest BCUT2D eigenvalue weighted by Gasteiger charge is 2.10. The second kappa shape index (κ2) is 9.32. The van der Waals surface area contributed by atoms with E-state index in [9.17, 15) is 14.0 Å². The van der Waals surface area contributed by atoms with Crippen molar-refractivity contribution >= 4 is 17.6 Å². The van der Waals surface area contributed by atoms with Gasteiger partial charge in [-0.05, 0) is 42.0 Å². The highest BCUT2D eigenvalue weighted by Crippen LogP contribution is 2.23. The third-order valence-corrected chi connectivity index (χ3v) is 3.72. The number of carbonyl (C=O) groups is 2. The fourth-order valence-corrected chi connectivity index (χ4v) is 2.43. The first-order chi connectivity index (χ1) is 13.6. The van der Waals surface area contributed by atoms with E-state index in [1.54, 1.807) is 24.3 Å². The Morgan fingerprint density at radius 3 is 2.32 bits per heavy atom. The summed E-state index contributed by atoms with van der Waals surface area (Å²) in [4.78, 5) is 23.8. The number of esters is 1. The van der Waals surface area contributed by atoms with Crippen molar-refractivity contribution in [2.75, 3.05) is 11.9 Å². The van der Waals surface area contributed by atoms with E-state index in [1.165, 1.54) is 24.3 Å². The van der Waals surface area contributed by atoms with Gasteiger partial charge in [-0.25, -0.2) is 4.39 Å². The monoisotopic (exact) mass is 379 g/mol. The van der Waals surface area contributed by atoms with Crippen LogP contribution < -0.4 is 10.1 Å². The maximum atomic E-state index is 12.9. The number of hydrogen-bond acceptors (Lipinski definition) is 4. The second-order valence-electron chi connectivity index (χ2n) is 5.96. The molecule has 0 heterocycles. The molecule has 3 aromatic carbocycles. The Kier molecular flexibility index (Phi) is 6.36. The van der Waals surface area contributed by atoms with E-state index in [0.717, 1.165) is 0 Å². The number of benzene rings is 3. The van der Waals surface area contributed by atoms with Crippen LogP contribution in [0.4, 0.5) is 10.1 Å². The van der Waals surface area contributed by atoms with E-state index in [0.29, 0.717) is 22.7 Å². The van der Waals surface area contributed by atoms with Gasteiger partial charge in [-0.2, -0.15) is 0 Å². The van der Waals surface area contributed by atoms with Crippen molar-refractivity contribution in [3.05, 3.63) is 90.2 Å². The van der Waals surface area contributed by atoms with Crippen molar-refractivity contribution in [2.45, 2.75) is 6.42 Å². The van der Waals surface area contributed by atoms with Crippen LogP contribution in [0.15, 0.2) is 78.9 Å². The van der Waals surface area contributed by atoms with E-state index in [1.807, 2.05) is 30.3 Å². The first-order valence-electron chi connectivity index (χ1n) is 8.61. The van der Waals surface area contributed by atoms with Crippen LogP contribution in [-0.2, 0) is 20.7 Å². The number of hydrogen-bond donors (Lipinski definition) is 1. The quantitative estimate of drug-likeness (QED) is 0.620. The molecule has 0 saturated carbocycles. The molecule has 3 rings (SSSR count). The number of rotatable bonds is 7. The maximum Gasteiger partial charge on any atom is 0.310 e. The van der Waals surface area contributed by atoms with Crippen LogP contribution in [0.5, 0.6) is 11.5 Å². The minimum Gasteiger partial charge on any atom is -0.457 e. The van der Waals surface area contributed by atoms with E-state index in [4.69, 9.17) is 9.47 Å². The average Bonchev–Trinajstić information content (AvgIpc) is 2.69. The van der Waals surface area contributed by atoms with Crippen molar-refractivity contribution in [1.29, 1.82) is 0 Å². The zero-order valence-electron chi connectivity index (χ0n) is 14.9. The Hall–Kier alpha value is -3.67. The van der Waals surface area contributed by atoms with Gasteiger partial charge in [0.05, 0.1) is 6.42 Å². The number of nitrogens with one attached hydrogen (secondary N) is 1. The molecule has 0 radical (unpaired) electrons. The fraction of sp³-hybridized carbons (Fsp3) is 0.0909. The molecule has 0 atom stereocenters. The highest BCUT2D eigenvalue weighted by atomic mass is 19.1. The predicted molar refractivity (Wildman–Crippen MR) is 103 cm³/mol. The van der Waals surface area contributed by atoms with Crippen LogP contribution in [0.25, 0.3) is 0 Å². The summed E-state index contributed by atoms with van der Waals surface area (Å²) in [6.45, 7) is -0.413. The molecule has 28 heavy (non-hydrogen) atoms. The molecule has 0 unspecified atom stereocenters. The van der Waals surface area contributed by atoms with E-state index < -0.39 is 18.5 Å². The third-order valence-electron chi connectivity index (χ3n) is 3.72. The Bertz CT molecular complexity index is 942. The summed E-state index contributed by atoms with van der Waals surface area (Å²) < 4.78 is 23.5. The number of ether oxygens (including phenoxy) is 2. The van der Waals surface area contributed by atoms with Gasteiger partial charge in [-0.1, -0.05) is 36.4 Å². The van der Waals surface area contributed by atoms with Gasteiger partial charge >= 0.3 is 5.97 Å². The molecule has 0 aliphatic heterocycles. The van der Waals surface area contributed by atoms with Crippen LogP contribution in [-0.4, -0.2) is 18.5 Å². The number of halogens is 1. The summed E-state index contributed by atoms with van der Waals surface area (Å²) in [7, 11) is 0. The molecular formula is C22H18FNO4. The van der Waals surface area contributed by atoms with E-state index >= 15 is 0 Å². The molecule has 0 saturated heterocycles. The summed E-state index contributed by atoms with van der Waals surface area (Å²) in [5.41, 5.74) is 1.13. The lowest BCUT2D eigenvalue weighted by Crippen LogP contribution is -2.21. The third kappa shape index (κ3) is 5.95. The SMILES string of the molecule is O=C(COC(=O)Cc1ccc(F)cc1)Nc1cccc(Oc2ccccc2)c1. The maximum absolute atomic E-state index is 12.9. The van der Waals surface area contributed by atoms with Gasteiger partial charge in [0.15, 0.2) is 6.61 Å². The Morgan fingerprint density at radius 1 is 0.857 bits per heavy atom. The number of carbonyl (C=O) groups excluding carboxylic acids is 2. The zero-order chi connectivity index (χ0) is 19.8. The van der Waals surface area contributed by atoms with Crippen LogP contribution >= 0.6 is 0 Å². The molecule has 0 aromatic heterocycles. The van der Waals surface area contributed by atoms with Crippen molar-refractivity contribution in [3.63, 3.8) is 0 Å². The largest absolute Gasteiger partial charge is 0.457 e. The van der Waals surface area contributed by atoms with Gasteiger partial charge in [0.25, 0.3) is 5.91 Å². The Balaban J connectivity index is 1.48. The summed E-state index contributed by atoms with van der Waals surface area (Å²) in [5.74, 6) is -0.166. The van der Waals surface area contributed by atoms with Crippen LogP contribution in [0.1, 0.15) is 5.56 Å². The number of anilines is 1. The predicted octanol–water partition coefficient (Wildman–Crippen LogP) is 4.34. The molecule has 0 aliphatic carbocycles. The van der Waals surface area contributed by atoms with Gasteiger partial charge < -0.3 is 14.8 Å². The first-order valence-corrected chi connectivity index (χ1v) is 8.61. The van der Waals surface area contributed by atoms with Crippen LogP contribution in [0.2, 0.25) is 0 Å². The van der Waals surface area contributed by atoms with Gasteiger partial charge in [0, 0.05) is 11.8 Å². The van der Waals surface area contributed by atoms with E-state index in [-0.39, 0.29) is 12.2 Å². The van der Waals surface area contributed by atoms with Gasteiger partial charge in [-0.3, -0.25) is 9.59 Å².